The molecule has 4 aromatic heterocycles. The summed E-state index contributed by atoms with van der Waals surface area (Å²) in [6, 6.07) is 11.7. The average Bonchev–Trinajstić information content (AvgIpc) is 3.89. The maximum atomic E-state index is 14.3. The van der Waals surface area contributed by atoms with Gasteiger partial charge in [0.25, 0.3) is 5.91 Å². The summed E-state index contributed by atoms with van der Waals surface area (Å²) in [5.41, 5.74) is 10.2. The summed E-state index contributed by atoms with van der Waals surface area (Å²) in [6.07, 6.45) is 4.67. The van der Waals surface area contributed by atoms with E-state index >= 15 is 0 Å². The number of hydrogen-bond donors (Lipinski definition) is 9. The first-order valence-electron chi connectivity index (χ1n) is 18.3. The number of carboxylic acids is 1. The number of aromatic amines is 2. The van der Waals surface area contributed by atoms with Crippen LogP contribution in [0.25, 0.3) is 33.7 Å². The molecule has 2 atom stereocenters. The number of nitrogens with zero attached hydrogens (tertiary/aromatic N) is 4. The molecule has 6 rings (SSSR count). The Bertz CT molecular complexity index is 2530. The highest BCUT2D eigenvalue weighted by atomic mass is 35.5. The number of carboxylic acid groups (broad SMARTS) is 1. The molecule has 0 aliphatic rings. The zero-order chi connectivity index (χ0) is 45.0. The quantitative estimate of drug-likeness (QED) is 0.0527. The van der Waals surface area contributed by atoms with E-state index < -0.39 is 29.6 Å². The molecule has 0 spiro atoms. The number of nitrogens with one attached hydrogen (secondary N) is 5. The number of anilines is 4. The van der Waals surface area contributed by atoms with Crippen molar-refractivity contribution in [2.24, 2.45) is 5.73 Å². The standard InChI is InChI=1S/C21H21ClFN5O2.C18H14ClFN4O2.C3H9NO.2CH4/c1-11(2)15-9-24-18(14-6-13(22)4-5-17(14)23)7-19(15)27-20-16(10-26-28-20)21(30)25-8-12(3)29;1-9(2)12-7-21-15(11-5-10(19)3-4-14(11)20)6-16(12)23-17-13(18(25)26)8-22-24-17;1-3(5)2-4;;/h4-7,9-10,12,29H,1,8H2,2-3H3,(H,25,30)(H2,24,26,27,28);3-8H,1H2,2H3,(H,25,26)(H2,21,22,23,24);3,5H,2,4H2,1H3;2*1H4/t12-;;3-;;/m0.0../s1. The smallest absolute Gasteiger partial charge is 0.341 e. The largest absolute Gasteiger partial charge is 0.477 e. The number of halogens is 4. The fraction of sp³-hybridized carbons (Fsp3) is 0.227. The first-order valence-corrected chi connectivity index (χ1v) is 19.1. The van der Waals surface area contributed by atoms with Crippen LogP contribution in [0.15, 0.2) is 86.5 Å². The van der Waals surface area contributed by atoms with Crippen molar-refractivity contribution >= 4 is 69.2 Å². The molecule has 0 aliphatic heterocycles. The number of carbonyl (C=O) groups is 2. The summed E-state index contributed by atoms with van der Waals surface area (Å²) in [5.74, 6) is -1.93. The highest BCUT2D eigenvalue weighted by molar-refractivity contribution is 6.31. The topological polar surface area (TPSA) is 240 Å². The summed E-state index contributed by atoms with van der Waals surface area (Å²) in [6.45, 7) is 15.1. The number of allylic oxidation sites excluding steroid dienone is 2. The number of nitrogens with two attached hydrogens (primary N) is 1. The lowest BCUT2D eigenvalue weighted by molar-refractivity contribution is 0.0697. The second kappa shape index (κ2) is 24.2. The molecule has 0 unspecified atom stereocenters. The molecule has 0 fully saturated rings. The van der Waals surface area contributed by atoms with E-state index in [1.54, 1.807) is 39.1 Å². The lowest BCUT2D eigenvalue weighted by atomic mass is 10.0. The predicted molar refractivity (Wildman–Crippen MR) is 248 cm³/mol. The van der Waals surface area contributed by atoms with E-state index in [1.807, 2.05) is 6.92 Å². The lowest BCUT2D eigenvalue weighted by Crippen LogP contribution is -2.30. The van der Waals surface area contributed by atoms with Gasteiger partial charge in [-0.25, -0.2) is 13.6 Å². The molecule has 4 heterocycles. The number of H-pyrrole nitrogens is 2. The highest BCUT2D eigenvalue weighted by Crippen LogP contribution is 2.34. The van der Waals surface area contributed by atoms with Gasteiger partial charge in [0.15, 0.2) is 0 Å². The Labute approximate surface area is 374 Å². The van der Waals surface area contributed by atoms with Crippen molar-refractivity contribution in [3.05, 3.63) is 130 Å². The minimum atomic E-state index is -1.13. The number of amides is 1. The molecule has 0 aliphatic carbocycles. The SMILES string of the molecule is C.C.C=C(C)c1cnc(-c2cc(Cl)ccc2F)cc1Nc1[nH]ncc1C(=O)NC[C@H](C)O.C=C(C)c1cnc(-c2cc(Cl)ccc2F)cc1Nc1[nH]ncc1C(=O)O.C[C@H](O)CN. The lowest BCUT2D eigenvalue weighted by Gasteiger charge is -2.14. The number of hydrogen-bond acceptors (Lipinski definition) is 11. The number of aliphatic hydroxyl groups is 2. The van der Waals surface area contributed by atoms with Gasteiger partial charge in [0.1, 0.15) is 34.4 Å². The van der Waals surface area contributed by atoms with Crippen molar-refractivity contribution in [1.29, 1.82) is 0 Å². The van der Waals surface area contributed by atoms with Crippen LogP contribution in [0.4, 0.5) is 31.8 Å². The van der Waals surface area contributed by atoms with E-state index in [0.29, 0.717) is 61.9 Å². The summed E-state index contributed by atoms with van der Waals surface area (Å²) in [7, 11) is 0. The van der Waals surface area contributed by atoms with E-state index in [2.05, 4.69) is 59.5 Å². The fourth-order valence-corrected chi connectivity index (χ4v) is 5.53. The Morgan fingerprint density at radius 2 is 1.14 bits per heavy atom. The van der Waals surface area contributed by atoms with Crippen molar-refractivity contribution in [2.45, 2.75) is 54.8 Å². The molecule has 1 amide bonds. The Morgan fingerprint density at radius 1 is 0.730 bits per heavy atom. The van der Waals surface area contributed by atoms with E-state index in [-0.39, 0.29) is 55.6 Å². The van der Waals surface area contributed by atoms with E-state index in [0.717, 1.165) is 5.57 Å². The molecular weight excluding hydrogens is 857 g/mol. The second-order valence-corrected chi connectivity index (χ2v) is 14.4. The van der Waals surface area contributed by atoms with Crippen molar-refractivity contribution in [3.63, 3.8) is 0 Å². The average molecular weight is 910 g/mol. The van der Waals surface area contributed by atoms with Gasteiger partial charge < -0.3 is 37.0 Å². The van der Waals surface area contributed by atoms with Crippen LogP contribution < -0.4 is 21.7 Å². The number of benzene rings is 2. The zero-order valence-electron chi connectivity index (χ0n) is 33.4. The Kier molecular flexibility index (Phi) is 20.2. The van der Waals surface area contributed by atoms with E-state index in [4.69, 9.17) is 34.0 Å². The molecule has 10 N–H and O–H groups in total. The van der Waals surface area contributed by atoms with Gasteiger partial charge in [-0.2, -0.15) is 10.2 Å². The first-order chi connectivity index (χ1) is 28.9. The second-order valence-electron chi connectivity index (χ2n) is 13.6. The van der Waals surface area contributed by atoms with Crippen molar-refractivity contribution in [1.82, 2.24) is 35.7 Å². The van der Waals surface area contributed by atoms with Crippen LogP contribution >= 0.6 is 23.2 Å². The molecule has 0 saturated carbocycles. The Hall–Kier alpha value is -6.50. The van der Waals surface area contributed by atoms with Gasteiger partial charge in [-0.15, -0.1) is 0 Å². The summed E-state index contributed by atoms with van der Waals surface area (Å²) >= 11 is 12.0. The van der Waals surface area contributed by atoms with Crippen LogP contribution in [0.3, 0.4) is 0 Å². The normalized spacial score (nSPS) is 11.2. The number of rotatable bonds is 13. The number of aromatic carboxylic acids is 1. The van der Waals surface area contributed by atoms with Crippen LogP contribution in [-0.4, -0.2) is 82.9 Å². The molecule has 19 heteroatoms. The minimum absolute atomic E-state index is 0. The van der Waals surface area contributed by atoms with Gasteiger partial charge in [0, 0.05) is 57.8 Å². The zero-order valence-corrected chi connectivity index (χ0v) is 35.0. The summed E-state index contributed by atoms with van der Waals surface area (Å²) in [5, 5.41) is 49.3. The predicted octanol–water partition coefficient (Wildman–Crippen LogP) is 9.49. The molecule has 2 aromatic carbocycles. The molecule has 0 saturated heterocycles. The van der Waals surface area contributed by atoms with Gasteiger partial charge in [-0.1, -0.05) is 51.2 Å². The van der Waals surface area contributed by atoms with Crippen molar-refractivity contribution in [2.75, 3.05) is 23.7 Å². The Morgan fingerprint density at radius 3 is 1.52 bits per heavy atom. The van der Waals surface area contributed by atoms with Gasteiger partial charge in [0.2, 0.25) is 0 Å². The van der Waals surface area contributed by atoms with Gasteiger partial charge in [-0.3, -0.25) is 25.0 Å². The Balaban J connectivity index is 0.000000383. The van der Waals surface area contributed by atoms with E-state index in [1.165, 1.54) is 55.0 Å². The number of pyridine rings is 2. The molecule has 6 aromatic rings. The monoisotopic (exact) mass is 908 g/mol. The maximum absolute atomic E-state index is 14.3. The molecular formula is C44H52Cl2F2N10O5. The maximum Gasteiger partial charge on any atom is 0.341 e. The number of aliphatic hydroxyl groups excluding tert-OH is 2. The van der Waals surface area contributed by atoms with Gasteiger partial charge in [-0.05, 0) is 87.4 Å². The molecule has 15 nitrogen and oxygen atoms in total. The van der Waals surface area contributed by atoms with Crippen LogP contribution in [-0.2, 0) is 0 Å². The van der Waals surface area contributed by atoms with E-state index in [9.17, 15) is 28.6 Å². The third-order valence-electron chi connectivity index (χ3n) is 8.31. The number of carbonyl (C=O) groups excluding carboxylic acids is 1. The fourth-order valence-electron chi connectivity index (χ4n) is 5.18. The molecule has 63 heavy (non-hydrogen) atoms. The van der Waals surface area contributed by atoms with Crippen LogP contribution in [0.1, 0.15) is 74.4 Å². The van der Waals surface area contributed by atoms with Crippen molar-refractivity contribution in [3.8, 4) is 22.5 Å². The van der Waals surface area contributed by atoms with Crippen LogP contribution in [0.5, 0.6) is 0 Å². The number of aromatic nitrogens is 6. The van der Waals surface area contributed by atoms with Gasteiger partial charge >= 0.3 is 5.97 Å². The molecule has 336 valence electrons. The summed E-state index contributed by atoms with van der Waals surface area (Å²) < 4.78 is 28.5. The first kappa shape index (κ1) is 52.6. The highest BCUT2D eigenvalue weighted by Gasteiger charge is 2.19. The van der Waals surface area contributed by atoms with Gasteiger partial charge in [0.05, 0.1) is 47.4 Å². The summed E-state index contributed by atoms with van der Waals surface area (Å²) in [4.78, 5) is 32.3. The third-order valence-corrected chi connectivity index (χ3v) is 8.78. The van der Waals surface area contributed by atoms with Crippen LogP contribution in [0, 0.1) is 11.6 Å². The molecule has 0 bridgehead atoms. The molecule has 0 radical (unpaired) electrons. The van der Waals surface area contributed by atoms with Crippen molar-refractivity contribution < 1.29 is 33.7 Å². The minimum Gasteiger partial charge on any atom is -0.477 e. The third kappa shape index (κ3) is 14.5. The van der Waals surface area contributed by atoms with Crippen LogP contribution in [0.2, 0.25) is 10.0 Å².